The van der Waals surface area contributed by atoms with E-state index in [1.807, 2.05) is 0 Å². The third kappa shape index (κ3) is 4.29. The lowest BCUT2D eigenvalue weighted by Gasteiger charge is -2.11. The maximum atomic E-state index is 12.8. The van der Waals surface area contributed by atoms with Gasteiger partial charge in [0, 0.05) is 12.8 Å². The SMILES string of the molecule is COCCOc1ccccc1C(=O)Nc1ccc(F)cc1. The van der Waals surface area contributed by atoms with Crippen LogP contribution in [0.15, 0.2) is 48.5 Å². The van der Waals surface area contributed by atoms with Gasteiger partial charge in [-0.15, -0.1) is 0 Å². The Morgan fingerprint density at radius 2 is 1.81 bits per heavy atom. The molecule has 0 atom stereocenters. The third-order valence-corrected chi connectivity index (χ3v) is 2.78. The van der Waals surface area contributed by atoms with E-state index in [1.54, 1.807) is 31.4 Å². The standard InChI is InChI=1S/C16H16FNO3/c1-20-10-11-21-15-5-3-2-4-14(15)16(19)18-13-8-6-12(17)7-9-13/h2-9H,10-11H2,1H3,(H,18,19). The van der Waals surface area contributed by atoms with Crippen LogP contribution in [-0.2, 0) is 4.74 Å². The Balaban J connectivity index is 2.09. The summed E-state index contributed by atoms with van der Waals surface area (Å²) in [5, 5.41) is 2.70. The van der Waals surface area contributed by atoms with E-state index in [4.69, 9.17) is 9.47 Å². The molecule has 0 aliphatic carbocycles. The molecule has 0 aliphatic heterocycles. The van der Waals surface area contributed by atoms with Crippen LogP contribution in [0.5, 0.6) is 5.75 Å². The Bertz CT molecular complexity index is 599. The van der Waals surface area contributed by atoms with Crippen LogP contribution < -0.4 is 10.1 Å². The Morgan fingerprint density at radius 1 is 1.10 bits per heavy atom. The highest BCUT2D eigenvalue weighted by atomic mass is 19.1. The van der Waals surface area contributed by atoms with Gasteiger partial charge in [-0.05, 0) is 36.4 Å². The second kappa shape index (κ2) is 7.40. The molecule has 21 heavy (non-hydrogen) atoms. The van der Waals surface area contributed by atoms with Crippen LogP contribution in [0.25, 0.3) is 0 Å². The van der Waals surface area contributed by atoms with Crippen molar-refractivity contribution >= 4 is 11.6 Å². The number of para-hydroxylation sites is 1. The monoisotopic (exact) mass is 289 g/mol. The fourth-order valence-corrected chi connectivity index (χ4v) is 1.75. The number of amides is 1. The van der Waals surface area contributed by atoms with Crippen LogP contribution in [0.3, 0.4) is 0 Å². The molecule has 1 N–H and O–H groups in total. The zero-order valence-corrected chi connectivity index (χ0v) is 11.6. The molecule has 0 heterocycles. The minimum absolute atomic E-state index is 0.311. The molecular weight excluding hydrogens is 273 g/mol. The highest BCUT2D eigenvalue weighted by molar-refractivity contribution is 6.06. The first kappa shape index (κ1) is 15.0. The molecule has 0 radical (unpaired) electrons. The molecular formula is C16H16FNO3. The minimum atomic E-state index is -0.351. The maximum Gasteiger partial charge on any atom is 0.259 e. The molecule has 5 heteroatoms. The Morgan fingerprint density at radius 3 is 2.52 bits per heavy atom. The number of carbonyl (C=O) groups excluding carboxylic acids is 1. The van der Waals surface area contributed by atoms with E-state index < -0.39 is 0 Å². The van der Waals surface area contributed by atoms with E-state index in [1.165, 1.54) is 24.3 Å². The van der Waals surface area contributed by atoms with Gasteiger partial charge >= 0.3 is 0 Å². The highest BCUT2D eigenvalue weighted by Crippen LogP contribution is 2.19. The normalized spacial score (nSPS) is 10.2. The number of hydrogen-bond acceptors (Lipinski definition) is 3. The van der Waals surface area contributed by atoms with Crippen molar-refractivity contribution in [3.63, 3.8) is 0 Å². The molecule has 0 aromatic heterocycles. The second-order valence-electron chi connectivity index (χ2n) is 4.30. The largest absolute Gasteiger partial charge is 0.490 e. The van der Waals surface area contributed by atoms with Gasteiger partial charge in [0.15, 0.2) is 0 Å². The summed E-state index contributed by atoms with van der Waals surface area (Å²) >= 11 is 0. The molecule has 0 saturated heterocycles. The van der Waals surface area contributed by atoms with Crippen molar-refractivity contribution in [3.8, 4) is 5.75 Å². The highest BCUT2D eigenvalue weighted by Gasteiger charge is 2.12. The molecule has 4 nitrogen and oxygen atoms in total. The van der Waals surface area contributed by atoms with Gasteiger partial charge < -0.3 is 14.8 Å². The molecule has 2 rings (SSSR count). The summed E-state index contributed by atoms with van der Waals surface area (Å²) < 4.78 is 23.3. The van der Waals surface area contributed by atoms with Gasteiger partial charge in [0.25, 0.3) is 5.91 Å². The van der Waals surface area contributed by atoms with E-state index in [-0.39, 0.29) is 11.7 Å². The number of hydrogen-bond donors (Lipinski definition) is 1. The summed E-state index contributed by atoms with van der Waals surface area (Å²) in [7, 11) is 1.58. The van der Waals surface area contributed by atoms with E-state index in [0.29, 0.717) is 30.2 Å². The van der Waals surface area contributed by atoms with Crippen molar-refractivity contribution in [2.75, 3.05) is 25.6 Å². The minimum Gasteiger partial charge on any atom is -0.490 e. The summed E-state index contributed by atoms with van der Waals surface area (Å²) in [4.78, 5) is 12.2. The van der Waals surface area contributed by atoms with Gasteiger partial charge in [0.2, 0.25) is 0 Å². The lowest BCUT2D eigenvalue weighted by molar-refractivity contribution is 0.101. The zero-order valence-electron chi connectivity index (χ0n) is 11.6. The first-order valence-electron chi connectivity index (χ1n) is 6.48. The van der Waals surface area contributed by atoms with Crippen molar-refractivity contribution < 1.29 is 18.7 Å². The van der Waals surface area contributed by atoms with Gasteiger partial charge in [0.1, 0.15) is 18.2 Å². The van der Waals surface area contributed by atoms with Crippen molar-refractivity contribution in [2.24, 2.45) is 0 Å². The lowest BCUT2D eigenvalue weighted by atomic mass is 10.2. The van der Waals surface area contributed by atoms with Crippen LogP contribution >= 0.6 is 0 Å². The Hall–Kier alpha value is -2.40. The predicted octanol–water partition coefficient (Wildman–Crippen LogP) is 3.10. The van der Waals surface area contributed by atoms with Crippen LogP contribution in [0.1, 0.15) is 10.4 Å². The van der Waals surface area contributed by atoms with Gasteiger partial charge in [0.05, 0.1) is 12.2 Å². The number of nitrogens with one attached hydrogen (secondary N) is 1. The first-order valence-corrected chi connectivity index (χ1v) is 6.48. The number of halogens is 1. The fraction of sp³-hybridized carbons (Fsp3) is 0.188. The number of carbonyl (C=O) groups is 1. The van der Waals surface area contributed by atoms with Crippen LogP contribution in [0.2, 0.25) is 0 Å². The van der Waals surface area contributed by atoms with E-state index in [9.17, 15) is 9.18 Å². The van der Waals surface area contributed by atoms with E-state index >= 15 is 0 Å². The molecule has 2 aromatic rings. The molecule has 0 spiro atoms. The summed E-state index contributed by atoms with van der Waals surface area (Å²) in [5.41, 5.74) is 0.936. The number of anilines is 1. The molecule has 0 bridgehead atoms. The number of ether oxygens (including phenoxy) is 2. The average Bonchev–Trinajstić information content (AvgIpc) is 2.50. The predicted molar refractivity (Wildman–Crippen MR) is 78.2 cm³/mol. The molecule has 2 aromatic carbocycles. The maximum absolute atomic E-state index is 12.8. The lowest BCUT2D eigenvalue weighted by Crippen LogP contribution is -2.14. The second-order valence-corrected chi connectivity index (χ2v) is 4.30. The van der Waals surface area contributed by atoms with Crippen molar-refractivity contribution in [1.82, 2.24) is 0 Å². The average molecular weight is 289 g/mol. The number of rotatable bonds is 6. The first-order chi connectivity index (χ1) is 10.2. The van der Waals surface area contributed by atoms with Crippen molar-refractivity contribution in [1.29, 1.82) is 0 Å². The smallest absolute Gasteiger partial charge is 0.259 e. The van der Waals surface area contributed by atoms with Gasteiger partial charge in [-0.1, -0.05) is 12.1 Å². The van der Waals surface area contributed by atoms with Crippen LogP contribution in [0.4, 0.5) is 10.1 Å². The van der Waals surface area contributed by atoms with E-state index in [0.717, 1.165) is 0 Å². The number of benzene rings is 2. The number of methoxy groups -OCH3 is 1. The van der Waals surface area contributed by atoms with E-state index in [2.05, 4.69) is 5.32 Å². The molecule has 0 saturated carbocycles. The molecule has 1 amide bonds. The summed E-state index contributed by atoms with van der Waals surface area (Å²) in [5.74, 6) is -0.180. The molecule has 110 valence electrons. The third-order valence-electron chi connectivity index (χ3n) is 2.78. The van der Waals surface area contributed by atoms with Gasteiger partial charge in [-0.2, -0.15) is 0 Å². The van der Waals surface area contributed by atoms with Crippen molar-refractivity contribution in [3.05, 3.63) is 59.9 Å². The Kier molecular flexibility index (Phi) is 5.29. The van der Waals surface area contributed by atoms with Crippen LogP contribution in [-0.4, -0.2) is 26.2 Å². The summed E-state index contributed by atoms with van der Waals surface area (Å²) in [6, 6.07) is 12.5. The Labute approximate surface area is 122 Å². The van der Waals surface area contributed by atoms with Gasteiger partial charge in [-0.3, -0.25) is 4.79 Å². The summed E-state index contributed by atoms with van der Waals surface area (Å²) in [6.07, 6.45) is 0. The summed E-state index contributed by atoms with van der Waals surface area (Å²) in [6.45, 7) is 0.797. The van der Waals surface area contributed by atoms with Crippen molar-refractivity contribution in [2.45, 2.75) is 0 Å². The molecule has 0 fully saturated rings. The topological polar surface area (TPSA) is 47.6 Å². The van der Waals surface area contributed by atoms with Gasteiger partial charge in [-0.25, -0.2) is 4.39 Å². The quantitative estimate of drug-likeness (QED) is 0.831. The fourth-order valence-electron chi connectivity index (χ4n) is 1.75. The zero-order chi connectivity index (χ0) is 15.1. The molecule has 0 unspecified atom stereocenters. The van der Waals surface area contributed by atoms with Crippen LogP contribution in [0, 0.1) is 5.82 Å². The molecule has 0 aliphatic rings.